The summed E-state index contributed by atoms with van der Waals surface area (Å²) in [5, 5.41) is 3.79. The number of nitrogens with one attached hydrogen (secondary N) is 1. The van der Waals surface area contributed by atoms with Gasteiger partial charge in [-0.2, -0.15) is 0 Å². The normalized spacial score (nSPS) is 11.2. The molecule has 0 saturated carbocycles. The van der Waals surface area contributed by atoms with Gasteiger partial charge < -0.3 is 9.73 Å². The van der Waals surface area contributed by atoms with Crippen LogP contribution in [0.25, 0.3) is 28.6 Å². The highest BCUT2D eigenvalue weighted by Crippen LogP contribution is 2.31. The zero-order chi connectivity index (χ0) is 19.5. The third kappa shape index (κ3) is 4.09. The van der Waals surface area contributed by atoms with Crippen molar-refractivity contribution in [1.29, 1.82) is 0 Å². The molecule has 0 atom stereocenters. The Balaban J connectivity index is 1.58. The molecule has 1 aromatic heterocycles. The van der Waals surface area contributed by atoms with E-state index in [4.69, 9.17) is 27.6 Å². The van der Waals surface area contributed by atoms with Crippen molar-refractivity contribution >= 4 is 52.0 Å². The second-order valence-electron chi connectivity index (χ2n) is 6.06. The van der Waals surface area contributed by atoms with Crippen molar-refractivity contribution in [3.8, 4) is 11.5 Å². The maximum absolute atomic E-state index is 12.3. The maximum atomic E-state index is 12.3. The molecule has 1 amide bonds. The number of halogens is 2. The van der Waals surface area contributed by atoms with Crippen LogP contribution in [-0.4, -0.2) is 10.9 Å². The number of hydrogen-bond acceptors (Lipinski definition) is 3. The van der Waals surface area contributed by atoms with E-state index in [9.17, 15) is 4.79 Å². The van der Waals surface area contributed by atoms with Crippen LogP contribution in [-0.2, 0) is 4.79 Å². The highest BCUT2D eigenvalue weighted by molar-refractivity contribution is 6.34. The van der Waals surface area contributed by atoms with E-state index in [0.717, 1.165) is 5.56 Å². The molecule has 138 valence electrons. The second-order valence-corrected chi connectivity index (χ2v) is 6.90. The Hall–Kier alpha value is -3.08. The summed E-state index contributed by atoms with van der Waals surface area (Å²) < 4.78 is 5.77. The van der Waals surface area contributed by atoms with E-state index in [1.807, 2.05) is 30.3 Å². The van der Waals surface area contributed by atoms with Gasteiger partial charge in [0, 0.05) is 16.7 Å². The van der Waals surface area contributed by atoms with E-state index in [0.29, 0.717) is 38.3 Å². The molecule has 0 aliphatic rings. The summed E-state index contributed by atoms with van der Waals surface area (Å²) in [5.74, 6) is 0.136. The Bertz CT molecular complexity index is 1180. The first-order chi connectivity index (χ1) is 13.6. The van der Waals surface area contributed by atoms with Gasteiger partial charge in [0.2, 0.25) is 11.8 Å². The van der Waals surface area contributed by atoms with Crippen molar-refractivity contribution in [2.45, 2.75) is 0 Å². The molecule has 0 aliphatic heterocycles. The van der Waals surface area contributed by atoms with E-state index in [1.54, 1.807) is 42.5 Å². The number of aromatic nitrogens is 1. The SMILES string of the molecule is O=C(C=Cc1ccccc1)Nc1cc(-c2nc3cc(Cl)ccc3o2)ccc1Cl. The number of carbonyl (C=O) groups excluding carboxylic acids is 1. The predicted octanol–water partition coefficient (Wildman–Crippen LogP) is 6.45. The van der Waals surface area contributed by atoms with Crippen molar-refractivity contribution in [2.24, 2.45) is 0 Å². The first kappa shape index (κ1) is 18.3. The fourth-order valence-electron chi connectivity index (χ4n) is 2.69. The van der Waals surface area contributed by atoms with Crippen molar-refractivity contribution in [3.05, 3.63) is 88.4 Å². The van der Waals surface area contributed by atoms with Crippen LogP contribution in [0, 0.1) is 0 Å². The number of fused-ring (bicyclic) bond motifs is 1. The third-order valence-electron chi connectivity index (χ3n) is 4.05. The van der Waals surface area contributed by atoms with Gasteiger partial charge >= 0.3 is 0 Å². The molecular weight excluding hydrogens is 395 g/mol. The molecule has 28 heavy (non-hydrogen) atoms. The second kappa shape index (κ2) is 7.89. The standard InChI is InChI=1S/C22H14Cl2N2O2/c23-16-8-10-20-19(13-16)26-22(28-20)15-7-9-17(24)18(12-15)25-21(27)11-6-14-4-2-1-3-5-14/h1-13H,(H,25,27). The van der Waals surface area contributed by atoms with Gasteiger partial charge in [-0.3, -0.25) is 4.79 Å². The van der Waals surface area contributed by atoms with Gasteiger partial charge in [0.25, 0.3) is 0 Å². The summed E-state index contributed by atoms with van der Waals surface area (Å²) >= 11 is 12.2. The lowest BCUT2D eigenvalue weighted by atomic mass is 10.2. The van der Waals surface area contributed by atoms with E-state index < -0.39 is 0 Å². The third-order valence-corrected chi connectivity index (χ3v) is 4.61. The molecule has 1 N–H and O–H groups in total. The van der Waals surface area contributed by atoms with Crippen LogP contribution in [0.4, 0.5) is 5.69 Å². The van der Waals surface area contributed by atoms with Gasteiger partial charge in [-0.1, -0.05) is 53.5 Å². The minimum atomic E-state index is -0.285. The lowest BCUT2D eigenvalue weighted by Crippen LogP contribution is -2.08. The van der Waals surface area contributed by atoms with E-state index in [2.05, 4.69) is 10.3 Å². The zero-order valence-corrected chi connectivity index (χ0v) is 16.0. The van der Waals surface area contributed by atoms with Crippen molar-refractivity contribution in [3.63, 3.8) is 0 Å². The quantitative estimate of drug-likeness (QED) is 0.394. The molecule has 0 radical (unpaired) electrons. The van der Waals surface area contributed by atoms with Crippen LogP contribution in [0.3, 0.4) is 0 Å². The molecule has 3 aromatic carbocycles. The van der Waals surface area contributed by atoms with Gasteiger partial charge in [-0.15, -0.1) is 0 Å². The van der Waals surface area contributed by atoms with Crippen molar-refractivity contribution in [2.75, 3.05) is 5.32 Å². The Morgan fingerprint density at radius 2 is 1.82 bits per heavy atom. The number of hydrogen-bond donors (Lipinski definition) is 1. The van der Waals surface area contributed by atoms with Crippen LogP contribution >= 0.6 is 23.2 Å². The number of amides is 1. The molecule has 4 rings (SSSR count). The Morgan fingerprint density at radius 3 is 2.64 bits per heavy atom. The van der Waals surface area contributed by atoms with Gasteiger partial charge in [-0.25, -0.2) is 4.98 Å². The lowest BCUT2D eigenvalue weighted by Gasteiger charge is -2.06. The summed E-state index contributed by atoms with van der Waals surface area (Å²) in [6.07, 6.45) is 3.19. The van der Waals surface area contributed by atoms with Crippen LogP contribution in [0.2, 0.25) is 10.0 Å². The van der Waals surface area contributed by atoms with E-state index >= 15 is 0 Å². The van der Waals surface area contributed by atoms with Crippen LogP contribution in [0.1, 0.15) is 5.56 Å². The van der Waals surface area contributed by atoms with Gasteiger partial charge in [0.05, 0.1) is 10.7 Å². The first-order valence-electron chi connectivity index (χ1n) is 8.48. The number of oxazole rings is 1. The molecule has 0 bridgehead atoms. The molecule has 0 unspecified atom stereocenters. The smallest absolute Gasteiger partial charge is 0.248 e. The summed E-state index contributed by atoms with van der Waals surface area (Å²) in [4.78, 5) is 16.7. The minimum Gasteiger partial charge on any atom is -0.436 e. The highest BCUT2D eigenvalue weighted by atomic mass is 35.5. The number of rotatable bonds is 4. The Labute approximate surface area is 171 Å². The summed E-state index contributed by atoms with van der Waals surface area (Å²) in [6.45, 7) is 0. The van der Waals surface area contributed by atoms with Crippen LogP contribution < -0.4 is 5.32 Å². The Kier molecular flexibility index (Phi) is 5.15. The summed E-state index contributed by atoms with van der Waals surface area (Å²) in [5.41, 5.74) is 3.39. The van der Waals surface area contributed by atoms with Gasteiger partial charge in [0.1, 0.15) is 5.52 Å². The van der Waals surface area contributed by atoms with Crippen molar-refractivity contribution in [1.82, 2.24) is 4.98 Å². The number of anilines is 1. The Morgan fingerprint density at radius 1 is 1.00 bits per heavy atom. The average Bonchev–Trinajstić information content (AvgIpc) is 3.12. The molecular formula is C22H14Cl2N2O2. The van der Waals surface area contributed by atoms with E-state index in [1.165, 1.54) is 6.08 Å². The predicted molar refractivity (Wildman–Crippen MR) is 114 cm³/mol. The van der Waals surface area contributed by atoms with Crippen LogP contribution in [0.5, 0.6) is 0 Å². The summed E-state index contributed by atoms with van der Waals surface area (Å²) in [6, 6.07) is 20.0. The molecule has 6 heteroatoms. The molecule has 4 nitrogen and oxygen atoms in total. The monoisotopic (exact) mass is 408 g/mol. The fourth-order valence-corrected chi connectivity index (χ4v) is 3.02. The van der Waals surface area contributed by atoms with E-state index in [-0.39, 0.29) is 5.91 Å². The largest absolute Gasteiger partial charge is 0.436 e. The average molecular weight is 409 g/mol. The fraction of sp³-hybridized carbons (Fsp3) is 0. The topological polar surface area (TPSA) is 55.1 Å². The molecule has 1 heterocycles. The maximum Gasteiger partial charge on any atom is 0.248 e. The lowest BCUT2D eigenvalue weighted by molar-refractivity contribution is -0.111. The minimum absolute atomic E-state index is 0.285. The van der Waals surface area contributed by atoms with Gasteiger partial charge in [-0.05, 0) is 48.0 Å². The molecule has 0 saturated heterocycles. The number of nitrogens with zero attached hydrogens (tertiary/aromatic N) is 1. The van der Waals surface area contributed by atoms with Crippen LogP contribution in [0.15, 0.2) is 77.2 Å². The first-order valence-corrected chi connectivity index (χ1v) is 9.24. The van der Waals surface area contributed by atoms with Gasteiger partial charge in [0.15, 0.2) is 5.58 Å². The number of benzene rings is 3. The molecule has 4 aromatic rings. The molecule has 0 aliphatic carbocycles. The van der Waals surface area contributed by atoms with Crippen molar-refractivity contribution < 1.29 is 9.21 Å². The molecule has 0 spiro atoms. The highest BCUT2D eigenvalue weighted by Gasteiger charge is 2.12. The summed E-state index contributed by atoms with van der Waals surface area (Å²) in [7, 11) is 0. The molecule has 0 fully saturated rings. The zero-order valence-electron chi connectivity index (χ0n) is 14.5. The number of carbonyl (C=O) groups is 1.